The summed E-state index contributed by atoms with van der Waals surface area (Å²) in [6, 6.07) is 13.4. The molecule has 0 saturated carbocycles. The van der Waals surface area contributed by atoms with Gasteiger partial charge in [0.2, 0.25) is 0 Å². The fourth-order valence-electron chi connectivity index (χ4n) is 4.49. The smallest absolute Gasteiger partial charge is 0.278 e. The second-order valence-corrected chi connectivity index (χ2v) is 8.72. The third-order valence-electron chi connectivity index (χ3n) is 6.19. The third-order valence-corrected chi connectivity index (χ3v) is 6.19. The molecule has 1 saturated heterocycles. The molecule has 0 spiro atoms. The highest BCUT2D eigenvalue weighted by atomic mass is 16.5. The average molecular weight is 464 g/mol. The maximum atomic E-state index is 13.6. The van der Waals surface area contributed by atoms with Crippen molar-refractivity contribution in [3.05, 3.63) is 64.9 Å². The summed E-state index contributed by atoms with van der Waals surface area (Å²) in [4.78, 5) is 30.7. The van der Waals surface area contributed by atoms with E-state index in [4.69, 9.17) is 9.47 Å². The van der Waals surface area contributed by atoms with Gasteiger partial charge < -0.3 is 14.8 Å². The maximum absolute atomic E-state index is 13.6. The Kier molecular flexibility index (Phi) is 7.65. The van der Waals surface area contributed by atoms with Crippen LogP contribution in [-0.2, 0) is 14.3 Å². The number of nitrogens with zero attached hydrogens (tertiary/aromatic N) is 2. The Morgan fingerprint density at radius 2 is 1.79 bits per heavy atom. The number of morpholine rings is 1. The Hall–Kier alpha value is -3.16. The third kappa shape index (κ3) is 5.32. The first-order valence-corrected chi connectivity index (χ1v) is 12.0. The zero-order valence-corrected chi connectivity index (χ0v) is 20.2. The molecule has 0 aliphatic carbocycles. The van der Waals surface area contributed by atoms with E-state index in [1.54, 1.807) is 0 Å². The summed E-state index contributed by atoms with van der Waals surface area (Å²) in [6.45, 7) is 10.9. The number of benzene rings is 2. The van der Waals surface area contributed by atoms with Gasteiger partial charge in [0, 0.05) is 37.9 Å². The minimum absolute atomic E-state index is 0.248. The normalized spacial score (nSPS) is 17.0. The monoisotopic (exact) mass is 463 g/mol. The summed E-state index contributed by atoms with van der Waals surface area (Å²) in [5, 5.41) is 3.24. The van der Waals surface area contributed by atoms with Gasteiger partial charge in [-0.25, -0.2) is 0 Å². The Morgan fingerprint density at radius 1 is 1.00 bits per heavy atom. The van der Waals surface area contributed by atoms with Crippen molar-refractivity contribution in [1.29, 1.82) is 0 Å². The summed E-state index contributed by atoms with van der Waals surface area (Å²) in [7, 11) is 0. The van der Waals surface area contributed by atoms with Crippen LogP contribution in [0.4, 0.5) is 5.69 Å². The van der Waals surface area contributed by atoms with Crippen molar-refractivity contribution < 1.29 is 19.1 Å². The number of hydrogen-bond acceptors (Lipinski definition) is 6. The fourth-order valence-corrected chi connectivity index (χ4v) is 4.49. The zero-order valence-electron chi connectivity index (χ0n) is 20.2. The van der Waals surface area contributed by atoms with Gasteiger partial charge in [-0.05, 0) is 50.5 Å². The average Bonchev–Trinajstić information content (AvgIpc) is 3.05. The van der Waals surface area contributed by atoms with Crippen molar-refractivity contribution in [3.63, 3.8) is 0 Å². The van der Waals surface area contributed by atoms with Crippen LogP contribution in [0.25, 0.3) is 5.57 Å². The lowest BCUT2D eigenvalue weighted by molar-refractivity contribution is -0.136. The lowest BCUT2D eigenvalue weighted by Crippen LogP contribution is -2.39. The number of amides is 2. The zero-order chi connectivity index (χ0) is 24.1. The van der Waals surface area contributed by atoms with E-state index < -0.39 is 0 Å². The van der Waals surface area contributed by atoms with Crippen LogP contribution in [0.3, 0.4) is 0 Å². The molecule has 0 atom stereocenters. The molecular formula is C27H33N3O4. The van der Waals surface area contributed by atoms with E-state index in [1.165, 1.54) is 4.90 Å². The van der Waals surface area contributed by atoms with Crippen molar-refractivity contribution >= 4 is 23.1 Å². The minimum atomic E-state index is -0.288. The van der Waals surface area contributed by atoms with E-state index in [9.17, 15) is 9.59 Å². The standard InChI is InChI=1S/C27H33N3O4/c1-4-34-22-8-5-7-21(18-22)28-25-24(23-10-9-19(2)17-20(23)3)26(31)30(27(25)32)12-6-11-29-13-15-33-16-14-29/h5,7-10,17-18,28H,4,6,11-16H2,1-3H3. The lowest BCUT2D eigenvalue weighted by atomic mass is 9.97. The van der Waals surface area contributed by atoms with E-state index >= 15 is 0 Å². The molecule has 2 amide bonds. The molecule has 0 radical (unpaired) electrons. The number of rotatable bonds is 9. The molecular weight excluding hydrogens is 430 g/mol. The predicted octanol–water partition coefficient (Wildman–Crippen LogP) is 3.62. The van der Waals surface area contributed by atoms with Crippen molar-refractivity contribution in [2.75, 3.05) is 51.3 Å². The second-order valence-electron chi connectivity index (χ2n) is 8.72. The van der Waals surface area contributed by atoms with Crippen LogP contribution >= 0.6 is 0 Å². The molecule has 7 heteroatoms. The number of ether oxygens (including phenoxy) is 2. The molecule has 2 aliphatic heterocycles. The van der Waals surface area contributed by atoms with Crippen LogP contribution in [0.2, 0.25) is 0 Å². The van der Waals surface area contributed by atoms with Crippen LogP contribution in [0.1, 0.15) is 30.0 Å². The first-order chi connectivity index (χ1) is 16.5. The van der Waals surface area contributed by atoms with Gasteiger partial charge in [-0.15, -0.1) is 0 Å². The largest absolute Gasteiger partial charge is 0.494 e. The van der Waals surface area contributed by atoms with E-state index in [0.717, 1.165) is 56.0 Å². The van der Waals surface area contributed by atoms with Crippen LogP contribution in [0.15, 0.2) is 48.2 Å². The Labute approximate surface area is 201 Å². The molecule has 2 aromatic carbocycles. The molecule has 2 aromatic rings. The molecule has 7 nitrogen and oxygen atoms in total. The van der Waals surface area contributed by atoms with Crippen LogP contribution in [-0.4, -0.2) is 67.6 Å². The number of carbonyl (C=O) groups is 2. The molecule has 180 valence electrons. The quantitative estimate of drug-likeness (QED) is 0.573. The molecule has 4 rings (SSSR count). The van der Waals surface area contributed by atoms with E-state index in [2.05, 4.69) is 10.2 Å². The van der Waals surface area contributed by atoms with Crippen molar-refractivity contribution in [3.8, 4) is 5.75 Å². The van der Waals surface area contributed by atoms with Gasteiger partial charge >= 0.3 is 0 Å². The Morgan fingerprint density at radius 3 is 2.53 bits per heavy atom. The van der Waals surface area contributed by atoms with E-state index in [0.29, 0.717) is 35.9 Å². The number of imide groups is 1. The second kappa shape index (κ2) is 10.8. The highest BCUT2D eigenvalue weighted by molar-refractivity contribution is 6.36. The molecule has 1 fully saturated rings. The van der Waals surface area contributed by atoms with Gasteiger partial charge in [-0.2, -0.15) is 0 Å². The summed E-state index contributed by atoms with van der Waals surface area (Å²) in [5.74, 6) is 0.173. The minimum Gasteiger partial charge on any atom is -0.494 e. The molecule has 1 N–H and O–H groups in total. The summed E-state index contributed by atoms with van der Waals surface area (Å²) >= 11 is 0. The van der Waals surface area contributed by atoms with E-state index in [1.807, 2.05) is 63.2 Å². The molecule has 34 heavy (non-hydrogen) atoms. The fraction of sp³-hybridized carbons (Fsp3) is 0.407. The van der Waals surface area contributed by atoms with Gasteiger partial charge in [0.15, 0.2) is 0 Å². The Balaban J connectivity index is 1.60. The van der Waals surface area contributed by atoms with Gasteiger partial charge in [0.25, 0.3) is 11.8 Å². The molecule has 2 aliphatic rings. The van der Waals surface area contributed by atoms with Gasteiger partial charge in [-0.1, -0.05) is 29.8 Å². The molecule has 2 heterocycles. The predicted molar refractivity (Wildman–Crippen MR) is 133 cm³/mol. The number of carbonyl (C=O) groups excluding carboxylic acids is 2. The molecule has 0 unspecified atom stereocenters. The highest BCUT2D eigenvalue weighted by Crippen LogP contribution is 2.33. The summed E-state index contributed by atoms with van der Waals surface area (Å²) in [6.07, 6.45) is 0.727. The Bertz CT molecular complexity index is 1090. The molecule has 0 aromatic heterocycles. The number of anilines is 1. The van der Waals surface area contributed by atoms with Crippen LogP contribution in [0, 0.1) is 13.8 Å². The highest BCUT2D eigenvalue weighted by Gasteiger charge is 2.39. The molecule has 0 bridgehead atoms. The topological polar surface area (TPSA) is 71.1 Å². The van der Waals surface area contributed by atoms with Crippen molar-refractivity contribution in [2.24, 2.45) is 0 Å². The number of hydrogen-bond donors (Lipinski definition) is 1. The van der Waals surface area contributed by atoms with Gasteiger partial charge in [0.05, 0.1) is 25.4 Å². The van der Waals surface area contributed by atoms with Gasteiger partial charge in [0.1, 0.15) is 11.4 Å². The SMILES string of the molecule is CCOc1cccc(NC2=C(c3ccc(C)cc3C)C(=O)N(CCCN3CCOCC3)C2=O)c1. The van der Waals surface area contributed by atoms with Crippen LogP contribution < -0.4 is 10.1 Å². The summed E-state index contributed by atoms with van der Waals surface area (Å²) < 4.78 is 11.0. The summed E-state index contributed by atoms with van der Waals surface area (Å²) in [5.41, 5.74) is 4.31. The lowest BCUT2D eigenvalue weighted by Gasteiger charge is -2.27. The van der Waals surface area contributed by atoms with Crippen LogP contribution in [0.5, 0.6) is 5.75 Å². The maximum Gasteiger partial charge on any atom is 0.278 e. The van der Waals surface area contributed by atoms with Crippen molar-refractivity contribution in [2.45, 2.75) is 27.2 Å². The number of nitrogens with one attached hydrogen (secondary N) is 1. The first-order valence-electron chi connectivity index (χ1n) is 12.0. The number of aryl methyl sites for hydroxylation is 2. The van der Waals surface area contributed by atoms with Gasteiger partial charge in [-0.3, -0.25) is 19.4 Å². The first kappa shape index (κ1) is 24.0. The van der Waals surface area contributed by atoms with E-state index in [-0.39, 0.29) is 11.8 Å². The van der Waals surface area contributed by atoms with Crippen molar-refractivity contribution in [1.82, 2.24) is 9.80 Å².